The highest BCUT2D eigenvalue weighted by Gasteiger charge is 2.17. The number of nitrogens with zero attached hydrogens (tertiary/aromatic N) is 3. The number of fused-ring (bicyclic) bond motifs is 1. The van der Waals surface area contributed by atoms with E-state index in [1.807, 2.05) is 36.4 Å². The molecule has 0 unspecified atom stereocenters. The number of amides is 1. The van der Waals surface area contributed by atoms with Gasteiger partial charge in [-0.15, -0.1) is 0 Å². The van der Waals surface area contributed by atoms with Crippen LogP contribution < -0.4 is 15.6 Å². The van der Waals surface area contributed by atoms with E-state index in [1.165, 1.54) is 34.9 Å². The number of rotatable bonds is 6. The minimum absolute atomic E-state index is 0.0885. The lowest BCUT2D eigenvalue weighted by atomic mass is 10.1. The first kappa shape index (κ1) is 21.5. The maximum Gasteiger partial charge on any atom is 0.269 e. The molecule has 4 aromatic rings. The molecular weight excluding hydrogens is 423 g/mol. The smallest absolute Gasteiger partial charge is 0.269 e. The monoisotopic (exact) mass is 440 g/mol. The van der Waals surface area contributed by atoms with E-state index in [1.54, 1.807) is 18.2 Å². The van der Waals surface area contributed by atoms with Crippen LogP contribution in [0.3, 0.4) is 0 Å². The Labute approximate surface area is 188 Å². The largest absolute Gasteiger partial charge is 0.438 e. The van der Waals surface area contributed by atoms with Crippen LogP contribution in [0.1, 0.15) is 11.1 Å². The van der Waals surface area contributed by atoms with Gasteiger partial charge in [-0.25, -0.2) is 4.39 Å². The van der Waals surface area contributed by atoms with Gasteiger partial charge in [-0.05, 0) is 48.0 Å². The predicted octanol–water partition coefficient (Wildman–Crippen LogP) is 3.85. The molecule has 0 radical (unpaired) electrons. The average Bonchev–Trinajstić information content (AvgIpc) is 2.84. The van der Waals surface area contributed by atoms with Gasteiger partial charge in [0, 0.05) is 12.7 Å². The summed E-state index contributed by atoms with van der Waals surface area (Å²) in [5, 5.41) is 12.2. The van der Waals surface area contributed by atoms with E-state index in [2.05, 4.69) is 10.3 Å². The molecule has 2 heterocycles. The number of hydrogen-bond acceptors (Lipinski definition) is 5. The van der Waals surface area contributed by atoms with E-state index in [4.69, 9.17) is 4.74 Å². The van der Waals surface area contributed by atoms with Crippen molar-refractivity contribution in [3.05, 3.63) is 112 Å². The molecule has 0 spiro atoms. The zero-order valence-corrected chi connectivity index (χ0v) is 17.2. The Hall–Kier alpha value is -4.77. The number of benzene rings is 2. The Morgan fingerprint density at radius 1 is 1.09 bits per heavy atom. The molecule has 1 N–H and O–H groups in total. The summed E-state index contributed by atoms with van der Waals surface area (Å²) in [6.07, 6.45) is 2.67. The van der Waals surface area contributed by atoms with Gasteiger partial charge >= 0.3 is 0 Å². The summed E-state index contributed by atoms with van der Waals surface area (Å²) in [5.74, 6) is -0.964. The molecule has 2 aromatic carbocycles. The van der Waals surface area contributed by atoms with E-state index in [0.29, 0.717) is 5.65 Å². The Kier molecular flexibility index (Phi) is 6.23. The fraction of sp³-hybridized carbons (Fsp3) is 0.0400. The lowest BCUT2D eigenvalue weighted by Crippen LogP contribution is -2.25. The molecular formula is C25H17FN4O3. The number of halogens is 1. The molecule has 4 rings (SSSR count). The maximum atomic E-state index is 13.3. The fourth-order valence-electron chi connectivity index (χ4n) is 3.06. The third kappa shape index (κ3) is 4.94. The third-order valence-electron chi connectivity index (χ3n) is 4.71. The summed E-state index contributed by atoms with van der Waals surface area (Å²) in [6.45, 7) is 0.215. The van der Waals surface area contributed by atoms with Crippen LogP contribution >= 0.6 is 0 Å². The van der Waals surface area contributed by atoms with Crippen molar-refractivity contribution in [1.29, 1.82) is 5.26 Å². The third-order valence-corrected chi connectivity index (χ3v) is 4.71. The minimum Gasteiger partial charge on any atom is -0.438 e. The van der Waals surface area contributed by atoms with Crippen LogP contribution in [-0.4, -0.2) is 15.3 Å². The topological polar surface area (TPSA) is 96.5 Å². The quantitative estimate of drug-likeness (QED) is 0.363. The highest BCUT2D eigenvalue weighted by Crippen LogP contribution is 2.24. The van der Waals surface area contributed by atoms with E-state index in [-0.39, 0.29) is 29.3 Å². The van der Waals surface area contributed by atoms with Gasteiger partial charge in [0.2, 0.25) is 5.88 Å². The highest BCUT2D eigenvalue weighted by molar-refractivity contribution is 6.01. The predicted molar refractivity (Wildman–Crippen MR) is 120 cm³/mol. The molecule has 1 amide bonds. The van der Waals surface area contributed by atoms with Gasteiger partial charge < -0.3 is 10.1 Å². The number of pyridine rings is 1. The Balaban J connectivity index is 1.73. The van der Waals surface area contributed by atoms with Crippen molar-refractivity contribution in [3.8, 4) is 17.7 Å². The molecule has 33 heavy (non-hydrogen) atoms. The molecule has 0 bridgehead atoms. The number of ether oxygens (including phenoxy) is 1. The van der Waals surface area contributed by atoms with Gasteiger partial charge in [-0.1, -0.05) is 36.4 Å². The van der Waals surface area contributed by atoms with Crippen molar-refractivity contribution in [2.45, 2.75) is 6.54 Å². The van der Waals surface area contributed by atoms with Crippen molar-refractivity contribution >= 4 is 17.6 Å². The lowest BCUT2D eigenvalue weighted by Gasteiger charge is -2.10. The van der Waals surface area contributed by atoms with Crippen LogP contribution in [0, 0.1) is 17.1 Å². The van der Waals surface area contributed by atoms with E-state index in [9.17, 15) is 19.2 Å². The minimum atomic E-state index is -0.647. The summed E-state index contributed by atoms with van der Waals surface area (Å²) < 4.78 is 20.3. The van der Waals surface area contributed by atoms with Gasteiger partial charge in [0.1, 0.15) is 34.4 Å². The molecule has 0 aliphatic carbocycles. The highest BCUT2D eigenvalue weighted by atomic mass is 19.1. The number of nitriles is 1. The van der Waals surface area contributed by atoms with Crippen LogP contribution in [0.15, 0.2) is 89.4 Å². The summed E-state index contributed by atoms with van der Waals surface area (Å²) >= 11 is 0. The first-order chi connectivity index (χ1) is 16.0. The molecule has 0 saturated heterocycles. The number of carbonyl (C=O) groups excluding carboxylic acids is 1. The normalized spacial score (nSPS) is 11.1. The number of carbonyl (C=O) groups is 1. The Bertz CT molecular complexity index is 1440. The SMILES string of the molecule is N#C/C(=C/c1c(Oc2ccc(F)cc2)nc2ccccn2c1=O)C(=O)NCc1ccccc1. The van der Waals surface area contributed by atoms with E-state index >= 15 is 0 Å². The Morgan fingerprint density at radius 3 is 2.55 bits per heavy atom. The molecule has 0 fully saturated rings. The van der Waals surface area contributed by atoms with E-state index < -0.39 is 17.3 Å². The van der Waals surface area contributed by atoms with Crippen LogP contribution in [-0.2, 0) is 11.3 Å². The van der Waals surface area contributed by atoms with Gasteiger partial charge in [0.05, 0.1) is 0 Å². The molecule has 0 atom stereocenters. The standard InChI is InChI=1S/C25H17FN4O3/c26-19-9-11-20(12-10-19)33-24-21(25(32)30-13-5-4-8-22(30)29-24)14-18(15-27)23(31)28-16-17-6-2-1-3-7-17/h1-14H,16H2,(H,28,31)/b18-14-. The van der Waals surface area contributed by atoms with Crippen LogP contribution in [0.5, 0.6) is 11.6 Å². The number of hydrogen-bond donors (Lipinski definition) is 1. The Morgan fingerprint density at radius 2 is 1.82 bits per heavy atom. The fourth-order valence-corrected chi connectivity index (χ4v) is 3.06. The van der Waals surface area contributed by atoms with Crippen molar-refractivity contribution < 1.29 is 13.9 Å². The zero-order chi connectivity index (χ0) is 23.2. The first-order valence-corrected chi connectivity index (χ1v) is 9.94. The second-order valence-corrected chi connectivity index (χ2v) is 6.96. The summed E-state index contributed by atoms with van der Waals surface area (Å²) in [5.41, 5.74) is 0.264. The first-order valence-electron chi connectivity index (χ1n) is 9.94. The van der Waals surface area contributed by atoms with Gasteiger partial charge in [-0.3, -0.25) is 14.0 Å². The molecule has 0 saturated carbocycles. The average molecular weight is 440 g/mol. The van der Waals surface area contributed by atoms with Gasteiger partial charge in [0.15, 0.2) is 0 Å². The molecule has 7 nitrogen and oxygen atoms in total. The molecule has 8 heteroatoms. The van der Waals surface area contributed by atoms with Crippen LogP contribution in [0.4, 0.5) is 4.39 Å². The zero-order valence-electron chi connectivity index (χ0n) is 17.2. The van der Waals surface area contributed by atoms with Crippen molar-refractivity contribution in [1.82, 2.24) is 14.7 Å². The van der Waals surface area contributed by atoms with Gasteiger partial charge in [0.25, 0.3) is 11.5 Å². The van der Waals surface area contributed by atoms with Crippen molar-refractivity contribution in [2.75, 3.05) is 0 Å². The van der Waals surface area contributed by atoms with Crippen LogP contribution in [0.2, 0.25) is 0 Å². The van der Waals surface area contributed by atoms with Crippen molar-refractivity contribution in [2.24, 2.45) is 0 Å². The lowest BCUT2D eigenvalue weighted by molar-refractivity contribution is -0.117. The summed E-state index contributed by atoms with van der Waals surface area (Å²) in [6, 6.07) is 21.2. The molecule has 0 aliphatic rings. The van der Waals surface area contributed by atoms with Crippen LogP contribution in [0.25, 0.3) is 11.7 Å². The second kappa shape index (κ2) is 9.58. The molecule has 0 aliphatic heterocycles. The summed E-state index contributed by atoms with van der Waals surface area (Å²) in [7, 11) is 0. The molecule has 162 valence electrons. The summed E-state index contributed by atoms with van der Waals surface area (Å²) in [4.78, 5) is 30.1. The number of nitrogens with one attached hydrogen (secondary N) is 1. The van der Waals surface area contributed by atoms with Gasteiger partial charge in [-0.2, -0.15) is 10.2 Å². The van der Waals surface area contributed by atoms with E-state index in [0.717, 1.165) is 11.6 Å². The number of aromatic nitrogens is 2. The molecule has 2 aromatic heterocycles. The maximum absolute atomic E-state index is 13.3. The van der Waals surface area contributed by atoms with Crippen molar-refractivity contribution in [3.63, 3.8) is 0 Å². The second-order valence-electron chi connectivity index (χ2n) is 6.96.